The number of aliphatic hydroxyl groups is 1. The first kappa shape index (κ1) is 10.5. The van der Waals surface area contributed by atoms with Gasteiger partial charge < -0.3 is 5.11 Å². The lowest BCUT2D eigenvalue weighted by molar-refractivity contribution is 0.180. The Morgan fingerprint density at radius 1 is 1.54 bits per heavy atom. The molecule has 1 aromatic rings. The van der Waals surface area contributed by atoms with E-state index in [9.17, 15) is 4.39 Å². The number of benzene rings is 1. The number of thioether (sulfide) groups is 1. The van der Waals surface area contributed by atoms with E-state index in [1.54, 1.807) is 23.9 Å². The van der Waals surface area contributed by atoms with Gasteiger partial charge in [-0.2, -0.15) is 0 Å². The van der Waals surface area contributed by atoms with Gasteiger partial charge >= 0.3 is 0 Å². The standard InChI is InChI=1S/C10H13FOS/c1-2-13-9-5-3-4-8(6-9)10(11)7-12/h3-6,10,12H,2,7H2,1H3. The zero-order chi connectivity index (χ0) is 9.68. The second kappa shape index (κ2) is 5.25. The fourth-order valence-electron chi connectivity index (χ4n) is 1.07. The van der Waals surface area contributed by atoms with Crippen LogP contribution in [0.3, 0.4) is 0 Å². The van der Waals surface area contributed by atoms with Gasteiger partial charge in [0.25, 0.3) is 0 Å². The second-order valence-electron chi connectivity index (χ2n) is 2.66. The molecule has 0 aliphatic heterocycles. The largest absolute Gasteiger partial charge is 0.393 e. The Morgan fingerprint density at radius 3 is 2.92 bits per heavy atom. The monoisotopic (exact) mass is 200 g/mol. The van der Waals surface area contributed by atoms with Crippen molar-refractivity contribution < 1.29 is 9.50 Å². The molecule has 0 saturated heterocycles. The smallest absolute Gasteiger partial charge is 0.148 e. The van der Waals surface area contributed by atoms with Gasteiger partial charge in [-0.1, -0.05) is 19.1 Å². The average molecular weight is 200 g/mol. The average Bonchev–Trinajstić information content (AvgIpc) is 2.18. The minimum absolute atomic E-state index is 0.444. The molecule has 0 saturated carbocycles. The predicted molar refractivity (Wildman–Crippen MR) is 53.8 cm³/mol. The molecule has 0 radical (unpaired) electrons. The number of aliphatic hydroxyl groups excluding tert-OH is 1. The summed E-state index contributed by atoms with van der Waals surface area (Å²) in [5, 5.41) is 8.63. The van der Waals surface area contributed by atoms with Crippen LogP contribution in [0.25, 0.3) is 0 Å². The van der Waals surface area contributed by atoms with Gasteiger partial charge in [-0.05, 0) is 23.4 Å². The van der Waals surface area contributed by atoms with Crippen LogP contribution in [-0.4, -0.2) is 17.5 Å². The summed E-state index contributed by atoms with van der Waals surface area (Å²) in [7, 11) is 0. The maximum absolute atomic E-state index is 13.0. The molecular weight excluding hydrogens is 187 g/mol. The van der Waals surface area contributed by atoms with Crippen LogP contribution in [0, 0.1) is 0 Å². The SMILES string of the molecule is CCSc1cccc(C(F)CO)c1. The normalized spacial score (nSPS) is 12.8. The third-order valence-corrected chi connectivity index (χ3v) is 2.57. The zero-order valence-corrected chi connectivity index (χ0v) is 8.35. The highest BCUT2D eigenvalue weighted by Gasteiger charge is 2.07. The molecule has 0 aliphatic carbocycles. The Bertz CT molecular complexity index is 265. The van der Waals surface area contributed by atoms with Gasteiger partial charge in [0.1, 0.15) is 6.17 Å². The van der Waals surface area contributed by atoms with Gasteiger partial charge in [-0.15, -0.1) is 11.8 Å². The van der Waals surface area contributed by atoms with E-state index in [1.165, 1.54) is 0 Å². The van der Waals surface area contributed by atoms with Crippen molar-refractivity contribution in [2.75, 3.05) is 12.4 Å². The van der Waals surface area contributed by atoms with E-state index in [0.717, 1.165) is 10.6 Å². The second-order valence-corrected chi connectivity index (χ2v) is 3.99. The molecule has 0 amide bonds. The molecule has 72 valence electrons. The minimum atomic E-state index is -1.25. The number of halogens is 1. The van der Waals surface area contributed by atoms with Crippen molar-refractivity contribution in [3.05, 3.63) is 29.8 Å². The molecule has 1 unspecified atom stereocenters. The Balaban J connectivity index is 2.78. The third kappa shape index (κ3) is 3.01. The van der Waals surface area contributed by atoms with Gasteiger partial charge in [0.05, 0.1) is 6.61 Å². The lowest BCUT2D eigenvalue weighted by Gasteiger charge is -2.06. The quantitative estimate of drug-likeness (QED) is 0.754. The Kier molecular flexibility index (Phi) is 4.25. The van der Waals surface area contributed by atoms with Crippen molar-refractivity contribution in [3.8, 4) is 0 Å². The molecule has 1 nitrogen and oxygen atoms in total. The van der Waals surface area contributed by atoms with Crippen molar-refractivity contribution >= 4 is 11.8 Å². The van der Waals surface area contributed by atoms with Crippen LogP contribution in [0.5, 0.6) is 0 Å². The number of alkyl halides is 1. The summed E-state index contributed by atoms with van der Waals surface area (Å²) < 4.78 is 13.0. The fraction of sp³-hybridized carbons (Fsp3) is 0.400. The minimum Gasteiger partial charge on any atom is -0.393 e. The van der Waals surface area contributed by atoms with Crippen LogP contribution in [0.2, 0.25) is 0 Å². The molecule has 0 aromatic heterocycles. The van der Waals surface area contributed by atoms with E-state index in [4.69, 9.17) is 5.11 Å². The van der Waals surface area contributed by atoms with Crippen LogP contribution in [0.1, 0.15) is 18.7 Å². The summed E-state index contributed by atoms with van der Waals surface area (Å²) >= 11 is 1.67. The first-order valence-corrected chi connectivity index (χ1v) is 5.24. The van der Waals surface area contributed by atoms with Crippen molar-refractivity contribution in [3.63, 3.8) is 0 Å². The molecule has 1 aromatic carbocycles. The van der Waals surface area contributed by atoms with Gasteiger partial charge in [-0.25, -0.2) is 4.39 Å². The van der Waals surface area contributed by atoms with Crippen LogP contribution in [0.4, 0.5) is 4.39 Å². The lowest BCUT2D eigenvalue weighted by Crippen LogP contribution is -1.96. The molecule has 0 bridgehead atoms. The highest BCUT2D eigenvalue weighted by Crippen LogP contribution is 2.23. The van der Waals surface area contributed by atoms with Gasteiger partial charge in [-0.3, -0.25) is 0 Å². The summed E-state index contributed by atoms with van der Waals surface area (Å²) in [5.41, 5.74) is 0.556. The van der Waals surface area contributed by atoms with Crippen molar-refractivity contribution in [1.82, 2.24) is 0 Å². The number of hydrogen-bond acceptors (Lipinski definition) is 2. The van der Waals surface area contributed by atoms with Gasteiger partial charge in [0.2, 0.25) is 0 Å². The molecule has 0 heterocycles. The predicted octanol–water partition coefficient (Wildman–Crippen LogP) is 2.80. The third-order valence-electron chi connectivity index (χ3n) is 1.69. The highest BCUT2D eigenvalue weighted by molar-refractivity contribution is 7.99. The van der Waals surface area contributed by atoms with Crippen LogP contribution < -0.4 is 0 Å². The summed E-state index contributed by atoms with van der Waals surface area (Å²) in [6.07, 6.45) is -1.25. The van der Waals surface area contributed by atoms with E-state index in [2.05, 4.69) is 6.92 Å². The molecule has 1 N–H and O–H groups in total. The van der Waals surface area contributed by atoms with Crippen molar-refractivity contribution in [2.45, 2.75) is 18.0 Å². The molecular formula is C10H13FOS. The zero-order valence-electron chi connectivity index (χ0n) is 7.53. The van der Waals surface area contributed by atoms with E-state index in [-0.39, 0.29) is 0 Å². The summed E-state index contributed by atoms with van der Waals surface area (Å²) in [6, 6.07) is 7.24. The van der Waals surface area contributed by atoms with Gasteiger partial charge in [0, 0.05) is 4.90 Å². The Labute approximate surface area is 82.0 Å². The Morgan fingerprint density at radius 2 is 2.31 bits per heavy atom. The molecule has 1 rings (SSSR count). The van der Waals surface area contributed by atoms with E-state index in [1.807, 2.05) is 12.1 Å². The topological polar surface area (TPSA) is 20.2 Å². The van der Waals surface area contributed by atoms with E-state index < -0.39 is 12.8 Å². The number of rotatable bonds is 4. The Hall–Kier alpha value is -0.540. The van der Waals surface area contributed by atoms with Gasteiger partial charge in [0.15, 0.2) is 0 Å². The molecule has 3 heteroatoms. The van der Waals surface area contributed by atoms with Crippen LogP contribution in [-0.2, 0) is 0 Å². The highest BCUT2D eigenvalue weighted by atomic mass is 32.2. The number of hydrogen-bond donors (Lipinski definition) is 1. The summed E-state index contributed by atoms with van der Waals surface area (Å²) in [6.45, 7) is 1.61. The van der Waals surface area contributed by atoms with E-state index >= 15 is 0 Å². The molecule has 1 atom stereocenters. The lowest BCUT2D eigenvalue weighted by atomic mass is 10.1. The maximum atomic E-state index is 13.0. The summed E-state index contributed by atoms with van der Waals surface area (Å²) in [5.74, 6) is 0.972. The molecule has 0 aliphatic rings. The van der Waals surface area contributed by atoms with Crippen LogP contribution in [0.15, 0.2) is 29.2 Å². The first-order chi connectivity index (χ1) is 6.27. The molecule has 0 fully saturated rings. The fourth-order valence-corrected chi connectivity index (χ4v) is 1.80. The molecule has 0 spiro atoms. The van der Waals surface area contributed by atoms with E-state index in [0.29, 0.717) is 5.56 Å². The first-order valence-electron chi connectivity index (χ1n) is 4.25. The summed E-state index contributed by atoms with van der Waals surface area (Å²) in [4.78, 5) is 1.05. The molecule has 13 heavy (non-hydrogen) atoms. The van der Waals surface area contributed by atoms with Crippen molar-refractivity contribution in [2.24, 2.45) is 0 Å². The van der Waals surface area contributed by atoms with Crippen molar-refractivity contribution in [1.29, 1.82) is 0 Å². The van der Waals surface area contributed by atoms with Crippen LogP contribution >= 0.6 is 11.8 Å². The maximum Gasteiger partial charge on any atom is 0.148 e.